The molecule has 2 aliphatic carbocycles. The number of sulfonamides is 1. The Hall–Kier alpha value is -1.97. The van der Waals surface area contributed by atoms with Gasteiger partial charge < -0.3 is 0 Å². The van der Waals surface area contributed by atoms with E-state index in [0.717, 1.165) is 16.7 Å². The van der Waals surface area contributed by atoms with Crippen LogP contribution in [-0.4, -0.2) is 27.9 Å². The van der Waals surface area contributed by atoms with E-state index in [0.29, 0.717) is 23.4 Å². The Bertz CT molecular complexity index is 1300. The maximum absolute atomic E-state index is 12.5. The average molecular weight is 510 g/mol. The summed E-state index contributed by atoms with van der Waals surface area (Å²) >= 11 is 5.82. The molecule has 0 unspecified atom stereocenters. The number of fused-ring (bicyclic) bond motifs is 1. The lowest BCUT2D eigenvalue weighted by molar-refractivity contribution is 0.483. The third-order valence-electron chi connectivity index (χ3n) is 5.69. The maximum Gasteiger partial charge on any atom is 0.295 e. The quantitative estimate of drug-likeness (QED) is 0.378. The largest absolute Gasteiger partial charge is 0.295 e. The Kier molecular flexibility index (Phi) is 7.86. The van der Waals surface area contributed by atoms with Crippen LogP contribution in [0, 0.1) is 5.92 Å². The Morgan fingerprint density at radius 1 is 0.909 bits per heavy atom. The first-order chi connectivity index (χ1) is 15.4. The molecular weight excluding hydrogens is 482 g/mol. The van der Waals surface area contributed by atoms with Crippen LogP contribution in [0.25, 0.3) is 11.1 Å². The zero-order chi connectivity index (χ0) is 24.4. The second kappa shape index (κ2) is 10.1. The lowest BCUT2D eigenvalue weighted by Crippen LogP contribution is -2.28. The number of hydrogen-bond donors (Lipinski definition) is 2. The third-order valence-corrected chi connectivity index (χ3v) is 8.27. The second-order valence-electron chi connectivity index (χ2n) is 8.61. The van der Waals surface area contributed by atoms with Crippen LogP contribution in [0.1, 0.15) is 44.2 Å². The summed E-state index contributed by atoms with van der Waals surface area (Å²) in [6.45, 7) is 6.27. The van der Waals surface area contributed by atoms with Crippen molar-refractivity contribution in [2.45, 2.75) is 49.3 Å². The summed E-state index contributed by atoms with van der Waals surface area (Å²) in [5.74, 6) is 0.266. The SMILES string of the molecule is CC(C)c1ccc2c(CC[C@H](C)CNS(=O)(=O)c3ccc(Cl)cc3)cc(S(=O)(=O)O)c-2cc1. The van der Waals surface area contributed by atoms with E-state index in [1.165, 1.54) is 30.3 Å². The molecule has 9 heteroatoms. The number of rotatable bonds is 9. The smallest absolute Gasteiger partial charge is 0.282 e. The van der Waals surface area contributed by atoms with E-state index >= 15 is 0 Å². The van der Waals surface area contributed by atoms with E-state index in [1.807, 2.05) is 25.1 Å². The fourth-order valence-electron chi connectivity index (χ4n) is 3.66. The molecule has 0 saturated carbocycles. The van der Waals surface area contributed by atoms with E-state index in [2.05, 4.69) is 18.6 Å². The number of hydrogen-bond acceptors (Lipinski definition) is 4. The fourth-order valence-corrected chi connectivity index (χ4v) is 5.70. The predicted octanol–water partition coefficient (Wildman–Crippen LogP) is 5.36. The number of halogens is 1. The molecule has 1 aromatic rings. The summed E-state index contributed by atoms with van der Waals surface area (Å²) in [5.41, 5.74) is 3.11. The molecule has 0 radical (unpaired) electrons. The molecule has 0 aromatic heterocycles. The molecule has 0 heterocycles. The summed E-state index contributed by atoms with van der Waals surface area (Å²) in [5, 5.41) is 0.461. The molecule has 2 aliphatic rings. The highest BCUT2D eigenvalue weighted by Gasteiger charge is 2.23. The molecule has 0 aliphatic heterocycles. The first-order valence-electron chi connectivity index (χ1n) is 10.7. The molecule has 178 valence electrons. The predicted molar refractivity (Wildman–Crippen MR) is 131 cm³/mol. The summed E-state index contributed by atoms with van der Waals surface area (Å²) in [6, 6.07) is 14.9. The Morgan fingerprint density at radius 3 is 2.09 bits per heavy atom. The molecule has 3 rings (SSSR count). The van der Waals surface area contributed by atoms with Crippen molar-refractivity contribution in [2.75, 3.05) is 6.54 Å². The van der Waals surface area contributed by atoms with Gasteiger partial charge in [-0.2, -0.15) is 8.42 Å². The Labute approximate surface area is 201 Å². The number of aryl methyl sites for hydroxylation is 1. The minimum Gasteiger partial charge on any atom is -0.282 e. The summed E-state index contributed by atoms with van der Waals surface area (Å²) in [4.78, 5) is 0.0434. The van der Waals surface area contributed by atoms with E-state index in [1.54, 1.807) is 6.07 Å². The van der Waals surface area contributed by atoms with Crippen LogP contribution < -0.4 is 4.72 Å². The van der Waals surface area contributed by atoms with Crippen LogP contribution in [0.5, 0.6) is 0 Å². The molecule has 0 fully saturated rings. The molecule has 0 spiro atoms. The molecule has 0 bridgehead atoms. The van der Waals surface area contributed by atoms with E-state index < -0.39 is 20.1 Å². The first kappa shape index (κ1) is 25.6. The maximum atomic E-state index is 12.5. The molecule has 1 atom stereocenters. The van der Waals surface area contributed by atoms with Gasteiger partial charge in [0.2, 0.25) is 10.0 Å². The Morgan fingerprint density at radius 2 is 1.52 bits per heavy atom. The molecule has 33 heavy (non-hydrogen) atoms. The molecule has 6 nitrogen and oxygen atoms in total. The molecular formula is C24H28ClNO5S2. The minimum absolute atomic E-state index is 0.00473. The summed E-state index contributed by atoms with van der Waals surface area (Å²) in [7, 11) is -8.02. The van der Waals surface area contributed by atoms with Gasteiger partial charge in [0.15, 0.2) is 0 Å². The van der Waals surface area contributed by atoms with Crippen LogP contribution >= 0.6 is 11.6 Å². The van der Waals surface area contributed by atoms with Gasteiger partial charge in [0.1, 0.15) is 4.90 Å². The minimum atomic E-state index is -4.37. The zero-order valence-corrected chi connectivity index (χ0v) is 21.1. The lowest BCUT2D eigenvalue weighted by atomic mass is 9.99. The van der Waals surface area contributed by atoms with Crippen molar-refractivity contribution in [3.8, 4) is 11.1 Å². The molecule has 0 amide bonds. The zero-order valence-electron chi connectivity index (χ0n) is 18.7. The summed E-state index contributed by atoms with van der Waals surface area (Å²) in [6.07, 6.45) is 1.17. The summed E-state index contributed by atoms with van der Waals surface area (Å²) < 4.78 is 61.2. The highest BCUT2D eigenvalue weighted by Crippen LogP contribution is 2.36. The van der Waals surface area contributed by atoms with Gasteiger partial charge in [-0.15, -0.1) is 0 Å². The third kappa shape index (κ3) is 6.33. The van der Waals surface area contributed by atoms with Crippen LogP contribution in [-0.2, 0) is 26.6 Å². The second-order valence-corrected chi connectivity index (χ2v) is 12.2. The fraction of sp³-hybridized carbons (Fsp3) is 0.333. The van der Waals surface area contributed by atoms with E-state index in [9.17, 15) is 21.4 Å². The molecule has 2 N–H and O–H groups in total. The van der Waals surface area contributed by atoms with Gasteiger partial charge in [-0.25, -0.2) is 13.1 Å². The van der Waals surface area contributed by atoms with Crippen molar-refractivity contribution >= 4 is 31.7 Å². The van der Waals surface area contributed by atoms with Gasteiger partial charge in [-0.05, 0) is 71.7 Å². The van der Waals surface area contributed by atoms with Gasteiger partial charge in [-0.3, -0.25) is 4.55 Å². The Balaban J connectivity index is 1.75. The highest BCUT2D eigenvalue weighted by atomic mass is 35.5. The normalized spacial score (nSPS) is 13.5. The number of benzene rings is 1. The first-order valence-corrected chi connectivity index (χ1v) is 14.0. The van der Waals surface area contributed by atoms with E-state index in [4.69, 9.17) is 11.6 Å². The lowest BCUT2D eigenvalue weighted by Gasteiger charge is -2.13. The van der Waals surface area contributed by atoms with Crippen LogP contribution in [0.3, 0.4) is 0 Å². The van der Waals surface area contributed by atoms with Gasteiger partial charge >= 0.3 is 0 Å². The van der Waals surface area contributed by atoms with Gasteiger partial charge in [0.05, 0.1) is 4.90 Å². The van der Waals surface area contributed by atoms with Crippen LogP contribution in [0.2, 0.25) is 5.02 Å². The standard InChI is InChI=1S/C24H28ClNO5S2/c1-16(2)18-6-12-22-19(14-24(33(29,30)31)23(22)13-7-18)5-4-17(3)15-26-32(27,28)21-10-8-20(25)9-11-21/h6-14,16-17,26H,4-5,15H2,1-3H3,(H,29,30,31)/t17-/m0/s1. The molecule has 1 aromatic carbocycles. The van der Waals surface area contributed by atoms with Crippen LogP contribution in [0.4, 0.5) is 0 Å². The van der Waals surface area contributed by atoms with Crippen molar-refractivity contribution in [1.29, 1.82) is 0 Å². The van der Waals surface area contributed by atoms with Crippen LogP contribution in [0.15, 0.2) is 64.4 Å². The van der Waals surface area contributed by atoms with E-state index in [-0.39, 0.29) is 28.2 Å². The van der Waals surface area contributed by atoms with Crippen molar-refractivity contribution in [1.82, 2.24) is 4.72 Å². The molecule has 0 saturated heterocycles. The topological polar surface area (TPSA) is 101 Å². The average Bonchev–Trinajstić information content (AvgIpc) is 2.94. The highest BCUT2D eigenvalue weighted by molar-refractivity contribution is 7.89. The van der Waals surface area contributed by atoms with Gasteiger partial charge in [0.25, 0.3) is 10.1 Å². The van der Waals surface area contributed by atoms with Crippen molar-refractivity contribution in [3.63, 3.8) is 0 Å². The van der Waals surface area contributed by atoms with Gasteiger partial charge in [0, 0.05) is 17.1 Å². The van der Waals surface area contributed by atoms with Crippen molar-refractivity contribution in [3.05, 3.63) is 70.7 Å². The monoisotopic (exact) mass is 509 g/mol. The van der Waals surface area contributed by atoms with Gasteiger partial charge in [-0.1, -0.05) is 56.6 Å². The van der Waals surface area contributed by atoms with Crippen molar-refractivity contribution < 1.29 is 21.4 Å². The number of nitrogens with one attached hydrogen (secondary N) is 1. The van der Waals surface area contributed by atoms with Crippen molar-refractivity contribution in [2.24, 2.45) is 5.92 Å².